The Labute approximate surface area is 491 Å². The van der Waals surface area contributed by atoms with Crippen molar-refractivity contribution in [3.63, 3.8) is 0 Å². The van der Waals surface area contributed by atoms with Crippen LogP contribution in [0.5, 0.6) is 0 Å². The Bertz CT molecular complexity index is 1450. The topological polar surface area (TPSA) is 78.9 Å². The van der Waals surface area contributed by atoms with Crippen molar-refractivity contribution >= 4 is 17.9 Å². The normalized spacial score (nSPS) is 12.5. The monoisotopic (exact) mass is 1100 g/mol. The van der Waals surface area contributed by atoms with E-state index in [9.17, 15) is 14.4 Å². The van der Waals surface area contributed by atoms with Crippen molar-refractivity contribution < 1.29 is 28.6 Å². The molecule has 458 valence electrons. The largest absolute Gasteiger partial charge is 0.462 e. The van der Waals surface area contributed by atoms with Crippen LogP contribution in [0.15, 0.2) is 72.9 Å². The van der Waals surface area contributed by atoms with Gasteiger partial charge in [0.2, 0.25) is 0 Å². The van der Waals surface area contributed by atoms with Gasteiger partial charge in [0.1, 0.15) is 13.2 Å². The fourth-order valence-electron chi connectivity index (χ4n) is 10.1. The molecule has 1 atom stereocenters. The van der Waals surface area contributed by atoms with Crippen LogP contribution >= 0.6 is 0 Å². The van der Waals surface area contributed by atoms with Crippen LogP contribution in [-0.2, 0) is 28.6 Å². The number of rotatable bonds is 63. The van der Waals surface area contributed by atoms with Gasteiger partial charge in [-0.15, -0.1) is 0 Å². The third kappa shape index (κ3) is 65.5. The Hall–Kier alpha value is -3.15. The van der Waals surface area contributed by atoms with Gasteiger partial charge in [0.15, 0.2) is 6.10 Å². The van der Waals surface area contributed by atoms with E-state index in [0.29, 0.717) is 19.3 Å². The van der Waals surface area contributed by atoms with E-state index in [4.69, 9.17) is 14.2 Å². The molecule has 0 aliphatic heterocycles. The fourth-order valence-corrected chi connectivity index (χ4v) is 10.1. The Morgan fingerprint density at radius 2 is 0.494 bits per heavy atom. The smallest absolute Gasteiger partial charge is 0.306 e. The van der Waals surface area contributed by atoms with E-state index in [1.807, 2.05) is 0 Å². The van der Waals surface area contributed by atoms with E-state index in [1.54, 1.807) is 0 Å². The summed E-state index contributed by atoms with van der Waals surface area (Å²) in [7, 11) is 0. The van der Waals surface area contributed by atoms with Crippen LogP contribution in [0.25, 0.3) is 0 Å². The molecule has 0 aliphatic rings. The molecule has 0 fully saturated rings. The summed E-state index contributed by atoms with van der Waals surface area (Å²) >= 11 is 0. The molecule has 0 N–H and O–H groups in total. The SMILES string of the molecule is CC/C=C\C/C=C\C/C=C\C/C=C\C/C=C\CCCCCCCCCCCCCCCCCC(=O)OCC(COC(=O)CCCCCCC)OC(=O)CCCCCCCCCCCCCCC/C=C\CCCCCCCCCC. The van der Waals surface area contributed by atoms with Gasteiger partial charge in [0, 0.05) is 19.3 Å². The van der Waals surface area contributed by atoms with E-state index in [1.165, 1.54) is 218 Å². The van der Waals surface area contributed by atoms with E-state index >= 15 is 0 Å². The third-order valence-electron chi connectivity index (χ3n) is 15.2. The van der Waals surface area contributed by atoms with Gasteiger partial charge in [0.05, 0.1) is 0 Å². The summed E-state index contributed by atoms with van der Waals surface area (Å²) in [6.07, 6.45) is 88.4. The molecule has 0 aromatic carbocycles. The third-order valence-corrected chi connectivity index (χ3v) is 15.2. The molecule has 6 nitrogen and oxygen atoms in total. The molecule has 6 heteroatoms. The van der Waals surface area contributed by atoms with Crippen LogP contribution in [0.4, 0.5) is 0 Å². The van der Waals surface area contributed by atoms with Crippen LogP contribution < -0.4 is 0 Å². The molecular weight excluding hydrogens is 973 g/mol. The average molecular weight is 1100 g/mol. The second-order valence-electron chi connectivity index (χ2n) is 23.1. The first kappa shape index (κ1) is 75.8. The molecule has 79 heavy (non-hydrogen) atoms. The van der Waals surface area contributed by atoms with Crippen LogP contribution in [0.2, 0.25) is 0 Å². The van der Waals surface area contributed by atoms with Gasteiger partial charge in [-0.1, -0.05) is 318 Å². The molecule has 0 spiro atoms. The number of unbranched alkanes of at least 4 members (excludes halogenated alkanes) is 40. The molecule has 1 unspecified atom stereocenters. The highest BCUT2D eigenvalue weighted by Gasteiger charge is 2.19. The first-order valence-electron chi connectivity index (χ1n) is 34.4. The maximum Gasteiger partial charge on any atom is 0.306 e. The number of allylic oxidation sites excluding steroid dienone is 12. The van der Waals surface area contributed by atoms with Crippen molar-refractivity contribution in [3.05, 3.63) is 72.9 Å². The summed E-state index contributed by atoms with van der Waals surface area (Å²) in [4.78, 5) is 38.0. The van der Waals surface area contributed by atoms with Crippen LogP contribution in [0.3, 0.4) is 0 Å². The molecule has 0 rings (SSSR count). The lowest BCUT2D eigenvalue weighted by Gasteiger charge is -2.18. The summed E-state index contributed by atoms with van der Waals surface area (Å²) < 4.78 is 16.8. The molecular formula is C73H130O6. The maximum atomic E-state index is 12.9. The lowest BCUT2D eigenvalue weighted by atomic mass is 10.0. The Balaban J connectivity index is 3.96. The van der Waals surface area contributed by atoms with Crippen molar-refractivity contribution in [2.75, 3.05) is 13.2 Å². The zero-order chi connectivity index (χ0) is 57.1. The average Bonchev–Trinajstić information content (AvgIpc) is 3.45. The van der Waals surface area contributed by atoms with Crippen LogP contribution in [0, 0.1) is 0 Å². The predicted molar refractivity (Wildman–Crippen MR) is 344 cm³/mol. The van der Waals surface area contributed by atoms with Crippen molar-refractivity contribution in [1.29, 1.82) is 0 Å². The van der Waals surface area contributed by atoms with Gasteiger partial charge >= 0.3 is 17.9 Å². The number of hydrogen-bond donors (Lipinski definition) is 0. The minimum Gasteiger partial charge on any atom is -0.462 e. The second-order valence-corrected chi connectivity index (χ2v) is 23.1. The molecule has 0 bridgehead atoms. The zero-order valence-corrected chi connectivity index (χ0v) is 52.6. The summed E-state index contributed by atoms with van der Waals surface area (Å²) in [5, 5.41) is 0. The lowest BCUT2D eigenvalue weighted by molar-refractivity contribution is -0.167. The Morgan fingerprint density at radius 1 is 0.266 bits per heavy atom. The molecule has 0 aliphatic carbocycles. The van der Waals surface area contributed by atoms with E-state index < -0.39 is 6.10 Å². The molecule has 0 heterocycles. The summed E-state index contributed by atoms with van der Waals surface area (Å²) in [5.74, 6) is -0.868. The van der Waals surface area contributed by atoms with E-state index in [-0.39, 0.29) is 31.1 Å². The van der Waals surface area contributed by atoms with Crippen molar-refractivity contribution in [2.45, 2.75) is 361 Å². The molecule has 0 aromatic heterocycles. The quantitative estimate of drug-likeness (QED) is 0.0261. The number of carbonyl (C=O) groups excluding carboxylic acids is 3. The number of ether oxygens (including phenoxy) is 3. The van der Waals surface area contributed by atoms with Crippen molar-refractivity contribution in [1.82, 2.24) is 0 Å². The maximum absolute atomic E-state index is 12.9. The fraction of sp³-hybridized carbons (Fsp3) is 0.795. The summed E-state index contributed by atoms with van der Waals surface area (Å²) in [6.45, 7) is 6.49. The van der Waals surface area contributed by atoms with Crippen LogP contribution in [-0.4, -0.2) is 37.2 Å². The summed E-state index contributed by atoms with van der Waals surface area (Å²) in [5.41, 5.74) is 0. The highest BCUT2D eigenvalue weighted by molar-refractivity contribution is 5.71. The highest BCUT2D eigenvalue weighted by Crippen LogP contribution is 2.18. The molecule has 0 saturated carbocycles. The van der Waals surface area contributed by atoms with E-state index in [2.05, 4.69) is 93.7 Å². The standard InChI is InChI=1S/C73H130O6/c1-4-7-10-13-15-17-19-21-23-25-27-29-31-33-34-35-36-37-38-40-41-43-45-47-49-51-53-55-57-60-63-66-72(75)78-69-70(68-77-71(74)65-62-59-12-9-6-3)79-73(76)67-64-61-58-56-54-52-50-48-46-44-42-39-32-30-28-26-24-22-20-18-16-14-11-8-5-2/h7,10,15,17,21,23,26-29,33-34,70H,4-6,8-9,11-14,16,18-20,22,24-25,30-32,35-69H2,1-3H3/b10-7-,17-15-,23-21-,28-26-,29-27-,34-33-. The van der Waals surface area contributed by atoms with E-state index in [0.717, 1.165) is 96.3 Å². The lowest BCUT2D eigenvalue weighted by Crippen LogP contribution is -2.30. The Kier molecular flexibility index (Phi) is 64.7. The zero-order valence-electron chi connectivity index (χ0n) is 52.6. The highest BCUT2D eigenvalue weighted by atomic mass is 16.6. The molecule has 0 radical (unpaired) electrons. The first-order valence-corrected chi connectivity index (χ1v) is 34.4. The van der Waals surface area contributed by atoms with Crippen molar-refractivity contribution in [3.8, 4) is 0 Å². The predicted octanol–water partition coefficient (Wildman–Crippen LogP) is 23.7. The van der Waals surface area contributed by atoms with Crippen molar-refractivity contribution in [2.24, 2.45) is 0 Å². The van der Waals surface area contributed by atoms with Gasteiger partial charge < -0.3 is 14.2 Å². The second kappa shape index (κ2) is 67.4. The van der Waals surface area contributed by atoms with Gasteiger partial charge in [-0.3, -0.25) is 14.4 Å². The first-order chi connectivity index (χ1) is 39.0. The number of esters is 3. The molecule has 0 aromatic rings. The van der Waals surface area contributed by atoms with Crippen LogP contribution in [0.1, 0.15) is 355 Å². The number of carbonyl (C=O) groups is 3. The molecule has 0 saturated heterocycles. The van der Waals surface area contributed by atoms with Gasteiger partial charge in [-0.2, -0.15) is 0 Å². The van der Waals surface area contributed by atoms with Gasteiger partial charge in [0.25, 0.3) is 0 Å². The molecule has 0 amide bonds. The van der Waals surface area contributed by atoms with Gasteiger partial charge in [-0.05, 0) is 89.9 Å². The minimum atomic E-state index is -0.770. The summed E-state index contributed by atoms with van der Waals surface area (Å²) in [6, 6.07) is 0. The Morgan fingerprint density at radius 3 is 0.785 bits per heavy atom. The minimum absolute atomic E-state index is 0.0716. The van der Waals surface area contributed by atoms with Gasteiger partial charge in [-0.25, -0.2) is 0 Å². The number of hydrogen-bond acceptors (Lipinski definition) is 6.